The highest BCUT2D eigenvalue weighted by molar-refractivity contribution is 6.05. The third-order valence-corrected chi connectivity index (χ3v) is 4.59. The molecule has 8 nitrogen and oxygen atoms in total. The van der Waals surface area contributed by atoms with Crippen LogP contribution in [0.1, 0.15) is 21.5 Å². The normalized spacial score (nSPS) is 10.9. The number of anilines is 2. The lowest BCUT2D eigenvalue weighted by Gasteiger charge is -2.11. The van der Waals surface area contributed by atoms with Crippen LogP contribution in [0.3, 0.4) is 0 Å². The van der Waals surface area contributed by atoms with E-state index in [2.05, 4.69) is 10.6 Å². The van der Waals surface area contributed by atoms with Crippen molar-refractivity contribution in [3.05, 3.63) is 93.5 Å². The average Bonchev–Trinajstić information content (AvgIpc) is 2.77. The lowest BCUT2D eigenvalue weighted by atomic mass is 10.1. The van der Waals surface area contributed by atoms with Gasteiger partial charge >= 0.3 is 6.18 Å². The van der Waals surface area contributed by atoms with Gasteiger partial charge in [-0.1, -0.05) is 12.1 Å². The lowest BCUT2D eigenvalue weighted by Crippen LogP contribution is -2.20. The van der Waals surface area contributed by atoms with Gasteiger partial charge in [-0.2, -0.15) is 13.2 Å². The standard InChI is InChI=1S/C23H18F3N3O5/c1-14-10-19(8-9-20(14)29(32)33)34-13-21(30)27-17-6-2-4-15(11-17)22(31)28-18-7-3-5-16(12-18)23(24,25)26/h2-12H,13H2,1H3,(H,27,30)(H,28,31). The first-order valence-electron chi connectivity index (χ1n) is 9.79. The Bertz CT molecular complexity index is 1240. The quantitative estimate of drug-likeness (QED) is 0.362. The summed E-state index contributed by atoms with van der Waals surface area (Å²) in [5, 5.41) is 15.8. The fourth-order valence-corrected chi connectivity index (χ4v) is 2.98. The molecule has 11 heteroatoms. The Morgan fingerprint density at radius 2 is 1.65 bits per heavy atom. The molecule has 3 rings (SSSR count). The van der Waals surface area contributed by atoms with Crippen LogP contribution in [0.4, 0.5) is 30.2 Å². The number of nitro benzene ring substituents is 1. The molecule has 3 aromatic carbocycles. The molecule has 0 aromatic heterocycles. The highest BCUT2D eigenvalue weighted by Crippen LogP contribution is 2.30. The zero-order valence-corrected chi connectivity index (χ0v) is 17.7. The summed E-state index contributed by atoms with van der Waals surface area (Å²) in [5.41, 5.74) is -0.234. The van der Waals surface area contributed by atoms with E-state index in [9.17, 15) is 32.9 Å². The number of hydrogen-bond acceptors (Lipinski definition) is 5. The van der Waals surface area contributed by atoms with Gasteiger partial charge in [0.2, 0.25) is 0 Å². The summed E-state index contributed by atoms with van der Waals surface area (Å²) in [6, 6.07) is 14.1. The van der Waals surface area contributed by atoms with Crippen LogP contribution in [0.2, 0.25) is 0 Å². The Morgan fingerprint density at radius 1 is 0.971 bits per heavy atom. The predicted molar refractivity (Wildman–Crippen MR) is 118 cm³/mol. The lowest BCUT2D eigenvalue weighted by molar-refractivity contribution is -0.385. The summed E-state index contributed by atoms with van der Waals surface area (Å²) in [4.78, 5) is 35.0. The number of nitro groups is 1. The molecule has 0 saturated heterocycles. The first kappa shape index (κ1) is 24.2. The molecule has 2 N–H and O–H groups in total. The summed E-state index contributed by atoms with van der Waals surface area (Å²) < 4.78 is 43.9. The molecule has 176 valence electrons. The molecular weight excluding hydrogens is 455 g/mol. The Labute approximate surface area is 191 Å². The maximum absolute atomic E-state index is 12.9. The zero-order chi connectivity index (χ0) is 24.9. The maximum atomic E-state index is 12.9. The van der Waals surface area contributed by atoms with Crippen LogP contribution in [-0.2, 0) is 11.0 Å². The number of halogens is 3. The number of hydrogen-bond donors (Lipinski definition) is 2. The van der Waals surface area contributed by atoms with Crippen molar-refractivity contribution in [2.45, 2.75) is 13.1 Å². The smallest absolute Gasteiger partial charge is 0.416 e. The fourth-order valence-electron chi connectivity index (χ4n) is 2.98. The Morgan fingerprint density at radius 3 is 2.29 bits per heavy atom. The number of alkyl halides is 3. The maximum Gasteiger partial charge on any atom is 0.416 e. The van der Waals surface area contributed by atoms with E-state index in [-0.39, 0.29) is 28.4 Å². The van der Waals surface area contributed by atoms with Gasteiger partial charge < -0.3 is 15.4 Å². The van der Waals surface area contributed by atoms with Crippen molar-refractivity contribution in [2.75, 3.05) is 17.2 Å². The largest absolute Gasteiger partial charge is 0.484 e. The molecule has 34 heavy (non-hydrogen) atoms. The number of carbonyl (C=O) groups excluding carboxylic acids is 2. The molecule has 0 unspecified atom stereocenters. The first-order valence-corrected chi connectivity index (χ1v) is 9.79. The number of rotatable bonds is 7. The van der Waals surface area contributed by atoms with E-state index >= 15 is 0 Å². The van der Waals surface area contributed by atoms with Crippen LogP contribution in [0.15, 0.2) is 66.7 Å². The van der Waals surface area contributed by atoms with Gasteiger partial charge in [-0.3, -0.25) is 19.7 Å². The van der Waals surface area contributed by atoms with Crippen molar-refractivity contribution >= 4 is 28.9 Å². The van der Waals surface area contributed by atoms with E-state index in [1.165, 1.54) is 54.6 Å². The van der Waals surface area contributed by atoms with Crippen molar-refractivity contribution in [1.82, 2.24) is 0 Å². The second-order valence-corrected chi connectivity index (χ2v) is 7.16. The molecule has 0 saturated carbocycles. The summed E-state index contributed by atoms with van der Waals surface area (Å²) in [7, 11) is 0. The molecule has 3 aromatic rings. The molecule has 0 aliphatic rings. The van der Waals surface area contributed by atoms with Crippen LogP contribution in [0, 0.1) is 17.0 Å². The highest BCUT2D eigenvalue weighted by Gasteiger charge is 2.30. The monoisotopic (exact) mass is 473 g/mol. The van der Waals surface area contributed by atoms with Crippen molar-refractivity contribution in [2.24, 2.45) is 0 Å². The molecule has 0 aliphatic carbocycles. The van der Waals surface area contributed by atoms with E-state index in [0.29, 0.717) is 5.56 Å². The topological polar surface area (TPSA) is 111 Å². The van der Waals surface area contributed by atoms with Crippen molar-refractivity contribution in [3.8, 4) is 5.75 Å². The molecule has 0 aliphatic heterocycles. The number of amides is 2. The van der Waals surface area contributed by atoms with E-state index in [0.717, 1.165) is 12.1 Å². The fraction of sp³-hybridized carbons (Fsp3) is 0.130. The van der Waals surface area contributed by atoms with E-state index in [1.807, 2.05) is 0 Å². The minimum absolute atomic E-state index is 0.0268. The first-order chi connectivity index (χ1) is 16.0. The van der Waals surface area contributed by atoms with Gasteiger partial charge in [0, 0.05) is 28.6 Å². The number of carbonyl (C=O) groups is 2. The second-order valence-electron chi connectivity index (χ2n) is 7.16. The molecule has 0 radical (unpaired) electrons. The van der Waals surface area contributed by atoms with Crippen LogP contribution in [-0.4, -0.2) is 23.3 Å². The predicted octanol–water partition coefficient (Wildman–Crippen LogP) is 5.19. The highest BCUT2D eigenvalue weighted by atomic mass is 19.4. The van der Waals surface area contributed by atoms with Crippen molar-refractivity contribution in [3.63, 3.8) is 0 Å². The molecule has 0 atom stereocenters. The third kappa shape index (κ3) is 6.31. The molecule has 2 amide bonds. The average molecular weight is 473 g/mol. The molecule has 0 heterocycles. The number of nitrogens with one attached hydrogen (secondary N) is 2. The number of ether oxygens (including phenoxy) is 1. The Hall–Kier alpha value is -4.41. The number of nitrogens with zero attached hydrogens (tertiary/aromatic N) is 1. The van der Waals surface area contributed by atoms with Gasteiger partial charge in [-0.05, 0) is 55.5 Å². The summed E-state index contributed by atoms with van der Waals surface area (Å²) in [6.07, 6.45) is -4.54. The van der Waals surface area contributed by atoms with Crippen LogP contribution >= 0.6 is 0 Å². The summed E-state index contributed by atoms with van der Waals surface area (Å²) >= 11 is 0. The minimum Gasteiger partial charge on any atom is -0.484 e. The third-order valence-electron chi connectivity index (χ3n) is 4.59. The summed E-state index contributed by atoms with van der Waals surface area (Å²) in [5.74, 6) is -0.938. The number of benzene rings is 3. The molecule has 0 spiro atoms. The van der Waals surface area contributed by atoms with Gasteiger partial charge in [-0.25, -0.2) is 0 Å². The van der Waals surface area contributed by atoms with Gasteiger partial charge in [0.25, 0.3) is 17.5 Å². The van der Waals surface area contributed by atoms with Gasteiger partial charge in [0.05, 0.1) is 10.5 Å². The van der Waals surface area contributed by atoms with E-state index in [1.54, 1.807) is 6.92 Å². The molecular formula is C23H18F3N3O5. The van der Waals surface area contributed by atoms with Gasteiger partial charge in [0.15, 0.2) is 6.61 Å². The Kier molecular flexibility index (Phi) is 7.15. The molecule has 0 bridgehead atoms. The van der Waals surface area contributed by atoms with Crippen LogP contribution < -0.4 is 15.4 Å². The second kappa shape index (κ2) is 10.0. The minimum atomic E-state index is -4.54. The summed E-state index contributed by atoms with van der Waals surface area (Å²) in [6.45, 7) is 1.15. The SMILES string of the molecule is Cc1cc(OCC(=O)Nc2cccc(C(=O)Nc3cccc(C(F)(F)F)c3)c2)ccc1[N+](=O)[O-]. The van der Waals surface area contributed by atoms with Gasteiger partial charge in [0.1, 0.15) is 5.75 Å². The Balaban J connectivity index is 1.61. The zero-order valence-electron chi connectivity index (χ0n) is 17.7. The van der Waals surface area contributed by atoms with Gasteiger partial charge in [-0.15, -0.1) is 0 Å². The number of aryl methyl sites for hydroxylation is 1. The van der Waals surface area contributed by atoms with E-state index in [4.69, 9.17) is 4.74 Å². The van der Waals surface area contributed by atoms with Crippen LogP contribution in [0.5, 0.6) is 5.75 Å². The van der Waals surface area contributed by atoms with Crippen LogP contribution in [0.25, 0.3) is 0 Å². The molecule has 0 fully saturated rings. The van der Waals surface area contributed by atoms with Crippen molar-refractivity contribution in [1.29, 1.82) is 0 Å². The van der Waals surface area contributed by atoms with Crippen molar-refractivity contribution < 1.29 is 32.4 Å². The van der Waals surface area contributed by atoms with E-state index < -0.39 is 35.1 Å².